The molecule has 0 aliphatic carbocycles. The van der Waals surface area contributed by atoms with Crippen LogP contribution in [0, 0.1) is 0 Å². The van der Waals surface area contributed by atoms with Gasteiger partial charge < -0.3 is 10.2 Å². The van der Waals surface area contributed by atoms with Gasteiger partial charge in [-0.3, -0.25) is 0 Å². The van der Waals surface area contributed by atoms with Gasteiger partial charge in [0.15, 0.2) is 0 Å². The van der Waals surface area contributed by atoms with Crippen LogP contribution in [-0.4, -0.2) is 36.6 Å². The first-order chi connectivity index (χ1) is 7.74. The Kier molecular flexibility index (Phi) is 7.06. The summed E-state index contributed by atoms with van der Waals surface area (Å²) in [6.07, 6.45) is 8.21. The number of nitrogens with zero attached hydrogens (tertiary/aromatic N) is 1. The van der Waals surface area contributed by atoms with Crippen LogP contribution in [0.5, 0.6) is 0 Å². The van der Waals surface area contributed by atoms with E-state index in [1.54, 1.807) is 0 Å². The fourth-order valence-corrected chi connectivity index (χ4v) is 2.67. The Hall–Kier alpha value is -0.0800. The number of rotatable bonds is 6. The molecule has 1 aliphatic rings. The average Bonchev–Trinajstić information content (AvgIpc) is 2.54. The number of hydrogen-bond acceptors (Lipinski definition) is 2. The average molecular weight is 226 g/mol. The number of nitrogens with one attached hydrogen (secondary N) is 1. The van der Waals surface area contributed by atoms with Gasteiger partial charge in [0.1, 0.15) is 0 Å². The zero-order valence-electron chi connectivity index (χ0n) is 11.5. The molecule has 1 rings (SSSR count). The highest BCUT2D eigenvalue weighted by molar-refractivity contribution is 4.74. The van der Waals surface area contributed by atoms with E-state index in [1.807, 2.05) is 0 Å². The molecule has 0 aromatic rings. The zero-order valence-corrected chi connectivity index (χ0v) is 11.5. The van der Waals surface area contributed by atoms with Gasteiger partial charge in [0.2, 0.25) is 0 Å². The maximum atomic E-state index is 3.59. The van der Waals surface area contributed by atoms with Gasteiger partial charge in [-0.2, -0.15) is 0 Å². The Morgan fingerprint density at radius 3 is 2.25 bits per heavy atom. The predicted molar refractivity (Wildman–Crippen MR) is 71.9 cm³/mol. The highest BCUT2D eigenvalue weighted by Gasteiger charge is 2.17. The second kappa shape index (κ2) is 8.08. The third kappa shape index (κ3) is 5.31. The molecule has 0 aromatic heterocycles. The van der Waals surface area contributed by atoms with Gasteiger partial charge in [0.25, 0.3) is 0 Å². The van der Waals surface area contributed by atoms with Crippen molar-refractivity contribution < 1.29 is 0 Å². The molecule has 96 valence electrons. The summed E-state index contributed by atoms with van der Waals surface area (Å²) >= 11 is 0. The molecule has 16 heavy (non-hydrogen) atoms. The molecular weight excluding hydrogens is 196 g/mol. The van der Waals surface area contributed by atoms with Crippen molar-refractivity contribution in [2.45, 2.75) is 71.4 Å². The molecule has 1 saturated heterocycles. The molecule has 0 aromatic carbocycles. The molecule has 2 nitrogen and oxygen atoms in total. The Morgan fingerprint density at radius 2 is 1.69 bits per heavy atom. The second-order valence-corrected chi connectivity index (χ2v) is 5.39. The van der Waals surface area contributed by atoms with Crippen molar-refractivity contribution in [1.29, 1.82) is 0 Å². The van der Waals surface area contributed by atoms with Gasteiger partial charge >= 0.3 is 0 Å². The Labute approximate surface area is 102 Å². The molecule has 0 saturated carbocycles. The molecule has 0 radical (unpaired) electrons. The lowest BCUT2D eigenvalue weighted by Gasteiger charge is -2.30. The normalized spacial score (nSPS) is 22.7. The van der Waals surface area contributed by atoms with E-state index >= 15 is 0 Å². The predicted octanol–water partition coefficient (Wildman–Crippen LogP) is 3.03. The molecule has 1 heterocycles. The quantitative estimate of drug-likeness (QED) is 0.749. The van der Waals surface area contributed by atoms with Gasteiger partial charge in [-0.25, -0.2) is 0 Å². The maximum absolute atomic E-state index is 3.59. The molecule has 2 atom stereocenters. The zero-order chi connectivity index (χ0) is 11.8. The molecule has 2 heteroatoms. The van der Waals surface area contributed by atoms with Gasteiger partial charge in [-0.05, 0) is 59.2 Å². The summed E-state index contributed by atoms with van der Waals surface area (Å²) in [5, 5.41) is 3.59. The summed E-state index contributed by atoms with van der Waals surface area (Å²) in [6.45, 7) is 10.8. The van der Waals surface area contributed by atoms with Crippen molar-refractivity contribution in [1.82, 2.24) is 10.2 Å². The lowest BCUT2D eigenvalue weighted by Crippen LogP contribution is -2.39. The van der Waals surface area contributed by atoms with Crippen molar-refractivity contribution in [2.24, 2.45) is 0 Å². The van der Waals surface area contributed by atoms with Crippen molar-refractivity contribution in [3.8, 4) is 0 Å². The summed E-state index contributed by atoms with van der Waals surface area (Å²) in [5.41, 5.74) is 0. The van der Waals surface area contributed by atoms with Gasteiger partial charge in [-0.1, -0.05) is 19.8 Å². The van der Waals surface area contributed by atoms with Crippen LogP contribution in [0.2, 0.25) is 0 Å². The van der Waals surface area contributed by atoms with Gasteiger partial charge in [0.05, 0.1) is 0 Å². The summed E-state index contributed by atoms with van der Waals surface area (Å²) in [5.74, 6) is 0. The molecule has 1 N–H and O–H groups in total. The van der Waals surface area contributed by atoms with Crippen LogP contribution in [0.15, 0.2) is 0 Å². The van der Waals surface area contributed by atoms with E-state index in [0.29, 0.717) is 6.04 Å². The van der Waals surface area contributed by atoms with Crippen molar-refractivity contribution in [2.75, 3.05) is 19.6 Å². The fourth-order valence-electron chi connectivity index (χ4n) is 2.67. The summed E-state index contributed by atoms with van der Waals surface area (Å²) in [7, 11) is 0. The highest BCUT2D eigenvalue weighted by atomic mass is 15.1. The smallest absolute Gasteiger partial charge is 0.00816 e. The van der Waals surface area contributed by atoms with Crippen molar-refractivity contribution >= 4 is 0 Å². The summed E-state index contributed by atoms with van der Waals surface area (Å²) < 4.78 is 0. The molecule has 1 aliphatic heterocycles. The minimum atomic E-state index is 0.665. The lowest BCUT2D eigenvalue weighted by molar-refractivity contribution is 0.195. The van der Waals surface area contributed by atoms with Crippen LogP contribution in [0.1, 0.15) is 59.3 Å². The molecule has 0 spiro atoms. The topological polar surface area (TPSA) is 15.3 Å². The third-order valence-corrected chi connectivity index (χ3v) is 3.70. The van der Waals surface area contributed by atoms with E-state index in [4.69, 9.17) is 0 Å². The van der Waals surface area contributed by atoms with E-state index in [1.165, 1.54) is 51.6 Å². The lowest BCUT2D eigenvalue weighted by atomic mass is 10.1. The molecule has 2 unspecified atom stereocenters. The SMILES string of the molecule is CCCNC(C)CC(C)N1CCCCCC1. The minimum Gasteiger partial charge on any atom is -0.314 e. The standard InChI is InChI=1S/C14H30N2/c1-4-9-15-13(2)12-14(3)16-10-7-5-6-8-11-16/h13-15H,4-12H2,1-3H3. The number of hydrogen-bond donors (Lipinski definition) is 1. The monoisotopic (exact) mass is 226 g/mol. The largest absolute Gasteiger partial charge is 0.314 e. The van der Waals surface area contributed by atoms with E-state index < -0.39 is 0 Å². The highest BCUT2D eigenvalue weighted by Crippen LogP contribution is 2.15. The van der Waals surface area contributed by atoms with Crippen LogP contribution >= 0.6 is 0 Å². The number of likely N-dealkylation sites (tertiary alicyclic amines) is 1. The van der Waals surface area contributed by atoms with Gasteiger partial charge in [-0.15, -0.1) is 0 Å². The third-order valence-electron chi connectivity index (χ3n) is 3.70. The molecule has 0 bridgehead atoms. The first-order valence-electron chi connectivity index (χ1n) is 7.21. The van der Waals surface area contributed by atoms with E-state index in [-0.39, 0.29) is 0 Å². The van der Waals surface area contributed by atoms with Crippen LogP contribution in [0.3, 0.4) is 0 Å². The summed E-state index contributed by atoms with van der Waals surface area (Å²) in [4.78, 5) is 2.69. The molecule has 0 amide bonds. The molecular formula is C14H30N2. The summed E-state index contributed by atoms with van der Waals surface area (Å²) in [6, 6.07) is 1.41. The van der Waals surface area contributed by atoms with E-state index in [0.717, 1.165) is 12.6 Å². The second-order valence-electron chi connectivity index (χ2n) is 5.39. The van der Waals surface area contributed by atoms with Crippen molar-refractivity contribution in [3.63, 3.8) is 0 Å². The minimum absolute atomic E-state index is 0.665. The fraction of sp³-hybridized carbons (Fsp3) is 1.00. The first-order valence-corrected chi connectivity index (χ1v) is 7.21. The van der Waals surface area contributed by atoms with E-state index in [9.17, 15) is 0 Å². The Bertz CT molecular complexity index is 162. The van der Waals surface area contributed by atoms with Crippen LogP contribution < -0.4 is 5.32 Å². The van der Waals surface area contributed by atoms with Crippen LogP contribution in [-0.2, 0) is 0 Å². The van der Waals surface area contributed by atoms with Crippen LogP contribution in [0.4, 0.5) is 0 Å². The Balaban J connectivity index is 2.23. The van der Waals surface area contributed by atoms with E-state index in [2.05, 4.69) is 31.0 Å². The Morgan fingerprint density at radius 1 is 1.06 bits per heavy atom. The maximum Gasteiger partial charge on any atom is 0.00816 e. The van der Waals surface area contributed by atoms with Crippen LogP contribution in [0.25, 0.3) is 0 Å². The molecule has 1 fully saturated rings. The van der Waals surface area contributed by atoms with Gasteiger partial charge in [0, 0.05) is 12.1 Å². The van der Waals surface area contributed by atoms with Crippen molar-refractivity contribution in [3.05, 3.63) is 0 Å². The first kappa shape index (κ1) is 14.0.